The van der Waals surface area contributed by atoms with Crippen molar-refractivity contribution in [2.75, 3.05) is 6.26 Å². The molecule has 0 saturated carbocycles. The first-order chi connectivity index (χ1) is 12.9. The number of guanidine groups is 1. The minimum atomic E-state index is -3.67. The maximum Gasteiger partial charge on any atom is 0.268 e. The van der Waals surface area contributed by atoms with Crippen LogP contribution in [-0.4, -0.2) is 31.1 Å². The normalized spacial score (nSPS) is 10.9. The molecule has 0 radical (unpaired) electrons. The number of rotatable bonds is 2. The summed E-state index contributed by atoms with van der Waals surface area (Å²) in [5, 5.41) is 10.6. The maximum absolute atomic E-state index is 12.1. The molecule has 0 aliphatic rings. The van der Waals surface area contributed by atoms with Crippen LogP contribution in [0.25, 0.3) is 21.2 Å². The van der Waals surface area contributed by atoms with Crippen LogP contribution in [0.3, 0.4) is 0 Å². The molecule has 5 N–H and O–H groups in total. The van der Waals surface area contributed by atoms with Gasteiger partial charge in [0, 0.05) is 10.1 Å². The van der Waals surface area contributed by atoms with E-state index >= 15 is 0 Å². The molecule has 0 aliphatic carbocycles. The van der Waals surface area contributed by atoms with Gasteiger partial charge in [-0.2, -0.15) is 8.42 Å². The lowest BCUT2D eigenvalue weighted by Gasteiger charge is -2.06. The fourth-order valence-electron chi connectivity index (χ4n) is 2.74. The third-order valence-electron chi connectivity index (χ3n) is 3.57. The lowest BCUT2D eigenvalue weighted by molar-refractivity contribution is 0.0980. The van der Waals surface area contributed by atoms with E-state index in [9.17, 15) is 13.2 Å². The Hall–Kier alpha value is -2.75. The molecule has 0 aliphatic heterocycles. The third kappa shape index (κ3) is 6.15. The minimum absolute atomic E-state index is 0.343. The second-order valence-corrected chi connectivity index (χ2v) is 8.86. The van der Waals surface area contributed by atoms with Crippen molar-refractivity contribution < 1.29 is 17.8 Å². The zero-order valence-corrected chi connectivity index (χ0v) is 17.2. The molecule has 1 heterocycles. The fraction of sp³-hybridized carbons (Fsp3) is 0.158. The van der Waals surface area contributed by atoms with Gasteiger partial charge in [-0.1, -0.05) is 41.5 Å². The Balaban J connectivity index is 0.000000500. The van der Waals surface area contributed by atoms with Gasteiger partial charge in [0.25, 0.3) is 16.0 Å². The Bertz CT molecular complexity index is 1120. The van der Waals surface area contributed by atoms with Crippen molar-refractivity contribution in [2.45, 2.75) is 13.8 Å². The summed E-state index contributed by atoms with van der Waals surface area (Å²) in [4.78, 5) is 12.6. The number of thiophene rings is 1. The van der Waals surface area contributed by atoms with E-state index in [2.05, 4.69) is 43.4 Å². The molecule has 2 aromatic carbocycles. The van der Waals surface area contributed by atoms with Crippen molar-refractivity contribution in [3.8, 4) is 11.1 Å². The lowest BCUT2D eigenvalue weighted by atomic mass is 9.98. The van der Waals surface area contributed by atoms with Crippen LogP contribution in [-0.2, 0) is 10.1 Å². The molecular formula is C19H21N3O4S2. The predicted molar refractivity (Wildman–Crippen MR) is 114 cm³/mol. The average Bonchev–Trinajstić information content (AvgIpc) is 2.95. The summed E-state index contributed by atoms with van der Waals surface area (Å²) in [5.41, 5.74) is 9.90. The summed E-state index contributed by atoms with van der Waals surface area (Å²) in [6.07, 6.45) is 0.715. The predicted octanol–water partition coefficient (Wildman–Crippen LogP) is 3.31. The first kappa shape index (κ1) is 21.5. The van der Waals surface area contributed by atoms with Crippen LogP contribution >= 0.6 is 11.3 Å². The smallest absolute Gasteiger partial charge is 0.268 e. The molecule has 0 unspecified atom stereocenters. The lowest BCUT2D eigenvalue weighted by Crippen LogP contribution is -2.35. The van der Waals surface area contributed by atoms with Gasteiger partial charge in [0.2, 0.25) is 0 Å². The number of aryl methyl sites for hydroxylation is 2. The van der Waals surface area contributed by atoms with Crippen LogP contribution in [0.1, 0.15) is 20.8 Å². The van der Waals surface area contributed by atoms with Crippen molar-refractivity contribution in [3.05, 3.63) is 58.5 Å². The van der Waals surface area contributed by atoms with Gasteiger partial charge in [0.15, 0.2) is 5.96 Å². The van der Waals surface area contributed by atoms with Gasteiger partial charge >= 0.3 is 0 Å². The molecule has 1 aromatic heterocycles. The first-order valence-electron chi connectivity index (χ1n) is 8.13. The Labute approximate surface area is 167 Å². The van der Waals surface area contributed by atoms with Crippen molar-refractivity contribution in [1.82, 2.24) is 5.32 Å². The third-order valence-corrected chi connectivity index (χ3v) is 4.67. The number of nitrogens with one attached hydrogen (secondary N) is 2. The summed E-state index contributed by atoms with van der Waals surface area (Å²) in [6.45, 7) is 4.16. The van der Waals surface area contributed by atoms with E-state index < -0.39 is 10.1 Å². The number of hydrogen-bond acceptors (Lipinski definition) is 5. The second-order valence-electron chi connectivity index (χ2n) is 6.31. The fourth-order valence-corrected chi connectivity index (χ4v) is 3.72. The molecule has 0 saturated heterocycles. The van der Waals surface area contributed by atoms with Gasteiger partial charge in [0.1, 0.15) is 0 Å². The van der Waals surface area contributed by atoms with Crippen LogP contribution in [0.4, 0.5) is 0 Å². The summed E-state index contributed by atoms with van der Waals surface area (Å²) in [5.74, 6) is -0.688. The molecule has 0 bridgehead atoms. The quantitative estimate of drug-likeness (QED) is 0.287. The molecule has 0 atom stereocenters. The number of carbonyl (C=O) groups excluding carboxylic acids is 1. The van der Waals surface area contributed by atoms with E-state index in [1.54, 1.807) is 0 Å². The first-order valence-corrected chi connectivity index (χ1v) is 10.8. The molecule has 1 amide bonds. The number of amides is 1. The molecule has 7 nitrogen and oxygen atoms in total. The SMILES string of the molecule is CS(=O)(=O)O.Cc1cc(C)cc(-c2cccc3sc(C(=O)NC(=N)N)cc23)c1. The second kappa shape index (κ2) is 8.51. The molecule has 28 heavy (non-hydrogen) atoms. The van der Waals surface area contributed by atoms with Gasteiger partial charge in [-0.15, -0.1) is 11.3 Å². The summed E-state index contributed by atoms with van der Waals surface area (Å²) in [7, 11) is -3.67. The van der Waals surface area contributed by atoms with Crippen molar-refractivity contribution >= 4 is 43.4 Å². The van der Waals surface area contributed by atoms with E-state index in [0.717, 1.165) is 21.2 Å². The standard InChI is InChI=1S/C18H17N3OS.CH4O3S/c1-10-6-11(2)8-12(7-10)13-4-3-5-15-14(13)9-16(23-15)17(22)21-18(19)20;1-5(2,3)4/h3-9H,1-2H3,(H4,19,20,21,22);1H3,(H,2,3,4). The number of benzene rings is 2. The Morgan fingerprint density at radius 1 is 1.14 bits per heavy atom. The Kier molecular flexibility index (Phi) is 6.55. The zero-order valence-electron chi connectivity index (χ0n) is 15.6. The average molecular weight is 420 g/mol. The Morgan fingerprint density at radius 2 is 1.71 bits per heavy atom. The molecular weight excluding hydrogens is 398 g/mol. The zero-order chi connectivity index (χ0) is 21.1. The number of fused-ring (bicyclic) bond motifs is 1. The highest BCUT2D eigenvalue weighted by molar-refractivity contribution is 7.85. The molecule has 9 heteroatoms. The molecule has 3 rings (SSSR count). The number of hydrogen-bond donors (Lipinski definition) is 4. The van der Waals surface area contributed by atoms with Crippen LogP contribution in [0, 0.1) is 19.3 Å². The van der Waals surface area contributed by atoms with E-state index in [0.29, 0.717) is 11.1 Å². The van der Waals surface area contributed by atoms with Gasteiger partial charge in [-0.25, -0.2) is 0 Å². The molecule has 0 fully saturated rings. The van der Waals surface area contributed by atoms with Crippen LogP contribution in [0.15, 0.2) is 42.5 Å². The summed E-state index contributed by atoms with van der Waals surface area (Å²) in [6, 6.07) is 14.4. The Morgan fingerprint density at radius 3 is 2.25 bits per heavy atom. The van der Waals surface area contributed by atoms with Crippen molar-refractivity contribution in [3.63, 3.8) is 0 Å². The monoisotopic (exact) mass is 419 g/mol. The van der Waals surface area contributed by atoms with E-state index in [-0.39, 0.29) is 11.9 Å². The highest BCUT2D eigenvalue weighted by Crippen LogP contribution is 2.34. The number of carbonyl (C=O) groups is 1. The molecule has 0 spiro atoms. The largest absolute Gasteiger partial charge is 0.370 e. The van der Waals surface area contributed by atoms with E-state index in [4.69, 9.17) is 15.7 Å². The van der Waals surface area contributed by atoms with Crippen molar-refractivity contribution in [1.29, 1.82) is 5.41 Å². The topological polar surface area (TPSA) is 133 Å². The molecule has 3 aromatic rings. The van der Waals surface area contributed by atoms with Gasteiger partial charge < -0.3 is 5.73 Å². The highest BCUT2D eigenvalue weighted by Gasteiger charge is 2.13. The maximum atomic E-state index is 12.1. The van der Waals surface area contributed by atoms with Gasteiger partial charge in [0.05, 0.1) is 11.1 Å². The van der Waals surface area contributed by atoms with E-state index in [1.807, 2.05) is 18.2 Å². The van der Waals surface area contributed by atoms with Crippen LogP contribution < -0.4 is 11.1 Å². The highest BCUT2D eigenvalue weighted by atomic mass is 32.2. The minimum Gasteiger partial charge on any atom is -0.370 e. The molecule has 148 valence electrons. The number of nitrogens with two attached hydrogens (primary N) is 1. The van der Waals surface area contributed by atoms with Gasteiger partial charge in [-0.05, 0) is 37.1 Å². The summed E-state index contributed by atoms with van der Waals surface area (Å²) < 4.78 is 26.9. The van der Waals surface area contributed by atoms with Crippen LogP contribution in [0.2, 0.25) is 0 Å². The van der Waals surface area contributed by atoms with Gasteiger partial charge in [-0.3, -0.25) is 20.1 Å². The van der Waals surface area contributed by atoms with Crippen LogP contribution in [0.5, 0.6) is 0 Å². The van der Waals surface area contributed by atoms with Crippen molar-refractivity contribution in [2.24, 2.45) is 5.73 Å². The van der Waals surface area contributed by atoms with E-state index in [1.165, 1.54) is 22.5 Å². The summed E-state index contributed by atoms with van der Waals surface area (Å²) >= 11 is 1.40.